The number of fused-ring (bicyclic) bond motifs is 1. The molecule has 1 N–H and O–H groups in total. The predicted octanol–water partition coefficient (Wildman–Crippen LogP) is 4.35. The molecule has 7 nitrogen and oxygen atoms in total. The quantitative estimate of drug-likeness (QED) is 0.652. The first-order chi connectivity index (χ1) is 16.1. The number of carbonyl (C=O) groups is 1. The van der Waals surface area contributed by atoms with E-state index in [-0.39, 0.29) is 18.2 Å². The van der Waals surface area contributed by atoms with E-state index in [1.807, 2.05) is 65.6 Å². The maximum Gasteiger partial charge on any atom is 0.322 e. The van der Waals surface area contributed by atoms with Gasteiger partial charge in [-0.25, -0.2) is 14.8 Å². The number of carbonyl (C=O) groups excluding carboxylic acids is 1. The molecular weight excluding hydrogens is 414 g/mol. The van der Waals surface area contributed by atoms with Gasteiger partial charge in [-0.3, -0.25) is 0 Å². The van der Waals surface area contributed by atoms with Crippen molar-refractivity contribution in [2.75, 3.05) is 29.9 Å². The van der Waals surface area contributed by atoms with Crippen molar-refractivity contribution in [3.05, 3.63) is 71.9 Å². The second-order valence-electron chi connectivity index (χ2n) is 8.79. The summed E-state index contributed by atoms with van der Waals surface area (Å²) >= 11 is 0. The van der Waals surface area contributed by atoms with Crippen LogP contribution in [0.3, 0.4) is 0 Å². The maximum absolute atomic E-state index is 13.0. The number of para-hydroxylation sites is 1. The fraction of sp³-hybridized carbons (Fsp3) is 0.346. The molecule has 2 amide bonds. The minimum Gasteiger partial charge on any atom is -0.372 e. The van der Waals surface area contributed by atoms with Gasteiger partial charge in [-0.1, -0.05) is 48.5 Å². The molecule has 3 aromatic rings. The van der Waals surface area contributed by atoms with Crippen molar-refractivity contribution in [2.45, 2.75) is 39.0 Å². The molecule has 170 valence electrons. The molecule has 5 rings (SSSR count). The van der Waals surface area contributed by atoms with Crippen LogP contribution in [0.1, 0.15) is 25.1 Å². The minimum absolute atomic E-state index is 0.103. The number of rotatable bonds is 3. The molecule has 7 heteroatoms. The summed E-state index contributed by atoms with van der Waals surface area (Å²) < 4.78 is 5.96. The molecule has 2 aliphatic rings. The fourth-order valence-electron chi connectivity index (χ4n) is 4.62. The Hall–Kier alpha value is -3.45. The standard InChI is InChI=1S/C26H29N5O2/c1-18-15-31(16-19(2)33-18)25-22-17-30(26(32)27-21-11-7-4-8-12-21)14-13-23(22)28-24(29-25)20-9-5-3-6-10-20/h3-12,18-19H,13-17H2,1-2H3,(H,27,32). The van der Waals surface area contributed by atoms with E-state index in [2.05, 4.69) is 24.1 Å². The van der Waals surface area contributed by atoms with Gasteiger partial charge in [0, 0.05) is 42.9 Å². The Morgan fingerprint density at radius 1 is 0.970 bits per heavy atom. The number of hydrogen-bond donors (Lipinski definition) is 1. The van der Waals surface area contributed by atoms with E-state index in [0.29, 0.717) is 19.5 Å². The largest absolute Gasteiger partial charge is 0.372 e. The first kappa shape index (κ1) is 21.4. The van der Waals surface area contributed by atoms with E-state index in [1.54, 1.807) is 0 Å². The Kier molecular flexibility index (Phi) is 5.96. The van der Waals surface area contributed by atoms with Crippen LogP contribution in [0.4, 0.5) is 16.3 Å². The molecule has 0 aliphatic carbocycles. The Morgan fingerprint density at radius 2 is 1.64 bits per heavy atom. The molecule has 1 saturated heterocycles. The van der Waals surface area contributed by atoms with Crippen LogP contribution in [0, 0.1) is 0 Å². The summed E-state index contributed by atoms with van der Waals surface area (Å²) in [4.78, 5) is 27.1. The van der Waals surface area contributed by atoms with Gasteiger partial charge in [0.15, 0.2) is 5.82 Å². The number of hydrogen-bond acceptors (Lipinski definition) is 5. The molecule has 1 aromatic heterocycles. The van der Waals surface area contributed by atoms with E-state index in [1.165, 1.54) is 0 Å². The van der Waals surface area contributed by atoms with Gasteiger partial charge in [0.05, 0.1) is 24.4 Å². The highest BCUT2D eigenvalue weighted by atomic mass is 16.5. The number of morpholine rings is 1. The Labute approximate surface area is 194 Å². The first-order valence-electron chi connectivity index (χ1n) is 11.5. The average Bonchev–Trinajstić information content (AvgIpc) is 2.83. The third kappa shape index (κ3) is 4.68. The highest BCUT2D eigenvalue weighted by Crippen LogP contribution is 2.31. The summed E-state index contributed by atoms with van der Waals surface area (Å²) in [5.41, 5.74) is 3.85. The number of anilines is 2. The van der Waals surface area contributed by atoms with Crippen molar-refractivity contribution in [3.8, 4) is 11.4 Å². The molecule has 2 atom stereocenters. The Morgan fingerprint density at radius 3 is 2.33 bits per heavy atom. The lowest BCUT2D eigenvalue weighted by Gasteiger charge is -2.39. The number of urea groups is 1. The van der Waals surface area contributed by atoms with Crippen molar-refractivity contribution < 1.29 is 9.53 Å². The number of nitrogens with zero attached hydrogens (tertiary/aromatic N) is 4. The van der Waals surface area contributed by atoms with Crippen LogP contribution in [-0.2, 0) is 17.7 Å². The fourth-order valence-corrected chi connectivity index (χ4v) is 4.62. The Bertz CT molecular complexity index is 1110. The molecular formula is C26H29N5O2. The van der Waals surface area contributed by atoms with E-state index >= 15 is 0 Å². The summed E-state index contributed by atoms with van der Waals surface area (Å²) in [5.74, 6) is 1.65. The predicted molar refractivity (Wildman–Crippen MR) is 129 cm³/mol. The smallest absolute Gasteiger partial charge is 0.322 e. The van der Waals surface area contributed by atoms with Crippen molar-refractivity contribution >= 4 is 17.5 Å². The molecule has 2 unspecified atom stereocenters. The van der Waals surface area contributed by atoms with Crippen molar-refractivity contribution in [1.29, 1.82) is 0 Å². The van der Waals surface area contributed by atoms with Gasteiger partial charge in [0.2, 0.25) is 0 Å². The van der Waals surface area contributed by atoms with E-state index in [4.69, 9.17) is 14.7 Å². The number of nitrogens with one attached hydrogen (secondary N) is 1. The van der Waals surface area contributed by atoms with Crippen LogP contribution in [0.15, 0.2) is 60.7 Å². The van der Waals surface area contributed by atoms with E-state index in [9.17, 15) is 4.79 Å². The van der Waals surface area contributed by atoms with Crippen LogP contribution in [0.2, 0.25) is 0 Å². The normalized spacial score (nSPS) is 20.3. The van der Waals surface area contributed by atoms with Gasteiger partial charge >= 0.3 is 6.03 Å². The lowest BCUT2D eigenvalue weighted by atomic mass is 10.0. The summed E-state index contributed by atoms with van der Waals surface area (Å²) in [5, 5.41) is 3.01. The van der Waals surface area contributed by atoms with Crippen LogP contribution < -0.4 is 10.2 Å². The van der Waals surface area contributed by atoms with E-state index < -0.39 is 0 Å². The van der Waals surface area contributed by atoms with Gasteiger partial charge < -0.3 is 19.9 Å². The van der Waals surface area contributed by atoms with Crippen molar-refractivity contribution in [2.24, 2.45) is 0 Å². The minimum atomic E-state index is -0.103. The number of aromatic nitrogens is 2. The van der Waals surface area contributed by atoms with Gasteiger partial charge in [-0.05, 0) is 26.0 Å². The molecule has 2 aromatic carbocycles. The van der Waals surface area contributed by atoms with Crippen LogP contribution in [-0.4, -0.2) is 52.7 Å². The zero-order valence-corrected chi connectivity index (χ0v) is 19.1. The summed E-state index contributed by atoms with van der Waals surface area (Å²) in [7, 11) is 0. The van der Waals surface area contributed by atoms with Gasteiger partial charge in [-0.2, -0.15) is 0 Å². The average molecular weight is 444 g/mol. The lowest BCUT2D eigenvalue weighted by Crippen LogP contribution is -2.47. The Balaban J connectivity index is 1.48. The molecule has 0 spiro atoms. The number of ether oxygens (including phenoxy) is 1. The monoisotopic (exact) mass is 443 g/mol. The third-order valence-corrected chi connectivity index (χ3v) is 6.10. The molecule has 0 saturated carbocycles. The van der Waals surface area contributed by atoms with Crippen LogP contribution >= 0.6 is 0 Å². The zero-order chi connectivity index (χ0) is 22.8. The SMILES string of the molecule is CC1CN(c2nc(-c3ccccc3)nc3c2CN(C(=O)Nc2ccccc2)CC3)CC(C)O1. The molecule has 2 aliphatic heterocycles. The van der Waals surface area contributed by atoms with Crippen molar-refractivity contribution in [3.63, 3.8) is 0 Å². The first-order valence-corrected chi connectivity index (χ1v) is 11.5. The van der Waals surface area contributed by atoms with Gasteiger partial charge in [0.25, 0.3) is 0 Å². The summed E-state index contributed by atoms with van der Waals surface area (Å²) in [6.07, 6.45) is 0.920. The van der Waals surface area contributed by atoms with Gasteiger partial charge in [-0.15, -0.1) is 0 Å². The topological polar surface area (TPSA) is 70.6 Å². The summed E-state index contributed by atoms with van der Waals surface area (Å²) in [6.45, 7) is 6.81. The second-order valence-corrected chi connectivity index (χ2v) is 8.79. The van der Waals surface area contributed by atoms with Crippen LogP contribution in [0.25, 0.3) is 11.4 Å². The maximum atomic E-state index is 13.0. The van der Waals surface area contributed by atoms with Crippen LogP contribution in [0.5, 0.6) is 0 Å². The van der Waals surface area contributed by atoms with E-state index in [0.717, 1.165) is 47.2 Å². The lowest BCUT2D eigenvalue weighted by molar-refractivity contribution is -0.00556. The van der Waals surface area contributed by atoms with Crippen molar-refractivity contribution in [1.82, 2.24) is 14.9 Å². The molecule has 3 heterocycles. The molecule has 33 heavy (non-hydrogen) atoms. The zero-order valence-electron chi connectivity index (χ0n) is 19.1. The number of benzene rings is 2. The highest BCUT2D eigenvalue weighted by molar-refractivity contribution is 5.89. The molecule has 1 fully saturated rings. The molecule has 0 radical (unpaired) electrons. The highest BCUT2D eigenvalue weighted by Gasteiger charge is 2.31. The summed E-state index contributed by atoms with van der Waals surface area (Å²) in [6, 6.07) is 19.5. The molecule has 0 bridgehead atoms. The van der Waals surface area contributed by atoms with Gasteiger partial charge in [0.1, 0.15) is 5.82 Å². The second kappa shape index (κ2) is 9.19. The number of amides is 2. The third-order valence-electron chi connectivity index (χ3n) is 6.10.